The maximum absolute atomic E-state index is 13.3. The summed E-state index contributed by atoms with van der Waals surface area (Å²) >= 11 is 0. The number of amides is 1. The van der Waals surface area contributed by atoms with Crippen molar-refractivity contribution in [2.45, 2.75) is 32.0 Å². The molecule has 0 saturated carbocycles. The van der Waals surface area contributed by atoms with E-state index in [9.17, 15) is 18.0 Å². The van der Waals surface area contributed by atoms with Gasteiger partial charge in [0, 0.05) is 13.0 Å². The molecule has 0 spiro atoms. The molecule has 6 heteroatoms. The topological polar surface area (TPSA) is 32.3 Å². The second-order valence-corrected chi connectivity index (χ2v) is 4.47. The van der Waals surface area contributed by atoms with Crippen LogP contribution in [0.4, 0.5) is 13.2 Å². The van der Waals surface area contributed by atoms with E-state index in [0.717, 1.165) is 5.01 Å². The van der Waals surface area contributed by atoms with Gasteiger partial charge in [-0.2, -0.15) is 13.2 Å². The van der Waals surface area contributed by atoms with E-state index in [1.165, 1.54) is 6.07 Å². The number of carbonyl (C=O) groups excluding carboxylic acids is 1. The fraction of sp³-hybridized carbons (Fsp3) is 0.462. The SMILES string of the molecule is CCc1ccccc1C(N1CCC(=O)N1)C(F)(F)F. The van der Waals surface area contributed by atoms with Crippen LogP contribution in [0.3, 0.4) is 0 Å². The summed E-state index contributed by atoms with van der Waals surface area (Å²) in [5.41, 5.74) is 3.14. The lowest BCUT2D eigenvalue weighted by molar-refractivity contribution is -0.191. The van der Waals surface area contributed by atoms with Crippen molar-refractivity contribution in [3.63, 3.8) is 0 Å². The Bertz CT molecular complexity index is 473. The second-order valence-electron chi connectivity index (χ2n) is 4.47. The minimum absolute atomic E-state index is 0.0705. The molecule has 1 aromatic rings. The van der Waals surface area contributed by atoms with Crippen LogP contribution < -0.4 is 5.43 Å². The number of hydrogen-bond acceptors (Lipinski definition) is 2. The molecule has 1 heterocycles. The maximum atomic E-state index is 13.3. The number of hydrazine groups is 1. The van der Waals surface area contributed by atoms with E-state index in [0.29, 0.717) is 12.0 Å². The van der Waals surface area contributed by atoms with Gasteiger partial charge in [-0.3, -0.25) is 10.2 Å². The Kier molecular flexibility index (Phi) is 3.80. The molecule has 1 unspecified atom stereocenters. The molecule has 1 aromatic carbocycles. The molecule has 0 bridgehead atoms. The minimum atomic E-state index is -4.43. The Morgan fingerprint density at radius 2 is 2.05 bits per heavy atom. The van der Waals surface area contributed by atoms with E-state index in [-0.39, 0.29) is 24.4 Å². The average molecular weight is 272 g/mol. The normalized spacial score (nSPS) is 18.4. The van der Waals surface area contributed by atoms with Gasteiger partial charge in [0.25, 0.3) is 0 Å². The highest BCUT2D eigenvalue weighted by Crippen LogP contribution is 2.39. The molecule has 1 fully saturated rings. The predicted octanol–water partition coefficient (Wildman–Crippen LogP) is 2.59. The smallest absolute Gasteiger partial charge is 0.288 e. The molecule has 0 radical (unpaired) electrons. The van der Waals surface area contributed by atoms with Gasteiger partial charge in [-0.15, -0.1) is 0 Å². The van der Waals surface area contributed by atoms with Gasteiger partial charge in [0.05, 0.1) is 0 Å². The number of aryl methyl sites for hydroxylation is 1. The van der Waals surface area contributed by atoms with Gasteiger partial charge in [0.1, 0.15) is 6.04 Å². The van der Waals surface area contributed by atoms with Crippen molar-refractivity contribution >= 4 is 5.91 Å². The van der Waals surface area contributed by atoms with E-state index in [4.69, 9.17) is 0 Å². The summed E-state index contributed by atoms with van der Waals surface area (Å²) in [5.74, 6) is -0.372. The number of hydrogen-bond donors (Lipinski definition) is 1. The summed E-state index contributed by atoms with van der Waals surface area (Å²) in [6, 6.07) is 4.69. The number of nitrogens with one attached hydrogen (secondary N) is 1. The van der Waals surface area contributed by atoms with Crippen LogP contribution in [0, 0.1) is 0 Å². The number of benzene rings is 1. The molecule has 3 nitrogen and oxygen atoms in total. The van der Waals surface area contributed by atoms with Gasteiger partial charge in [0.15, 0.2) is 0 Å². The van der Waals surface area contributed by atoms with Crippen LogP contribution >= 0.6 is 0 Å². The Balaban J connectivity index is 2.40. The van der Waals surface area contributed by atoms with Crippen molar-refractivity contribution in [2.24, 2.45) is 0 Å². The number of halogens is 3. The molecule has 104 valence electrons. The molecule has 0 aliphatic carbocycles. The first kappa shape index (κ1) is 13.9. The zero-order chi connectivity index (χ0) is 14.0. The van der Waals surface area contributed by atoms with Crippen molar-refractivity contribution in [2.75, 3.05) is 6.54 Å². The number of nitrogens with zero attached hydrogens (tertiary/aromatic N) is 1. The lowest BCUT2D eigenvalue weighted by Gasteiger charge is -2.30. The predicted molar refractivity (Wildman–Crippen MR) is 64.1 cm³/mol. The standard InChI is InChI=1S/C13H15F3N2O/c1-2-9-5-3-4-6-10(9)12(13(14,15)16)18-8-7-11(19)17-18/h3-6,12H,2,7-8H2,1H3,(H,17,19). The van der Waals surface area contributed by atoms with Crippen LogP contribution in [-0.2, 0) is 11.2 Å². The molecular formula is C13H15F3N2O. The van der Waals surface area contributed by atoms with E-state index in [2.05, 4.69) is 5.43 Å². The first-order chi connectivity index (χ1) is 8.93. The zero-order valence-corrected chi connectivity index (χ0v) is 10.5. The van der Waals surface area contributed by atoms with Gasteiger partial charge in [-0.05, 0) is 17.5 Å². The van der Waals surface area contributed by atoms with Gasteiger partial charge < -0.3 is 0 Å². The third-order valence-corrected chi connectivity index (χ3v) is 3.20. The molecule has 1 amide bonds. The fourth-order valence-corrected chi connectivity index (χ4v) is 2.33. The van der Waals surface area contributed by atoms with E-state index in [1.807, 2.05) is 6.92 Å². The Labute approximate surface area is 109 Å². The van der Waals surface area contributed by atoms with Gasteiger partial charge in [0.2, 0.25) is 5.91 Å². The largest absolute Gasteiger partial charge is 0.409 e. The van der Waals surface area contributed by atoms with Crippen LogP contribution in [0.25, 0.3) is 0 Å². The summed E-state index contributed by atoms with van der Waals surface area (Å²) in [6.45, 7) is 1.88. The van der Waals surface area contributed by atoms with Crippen LogP contribution in [-0.4, -0.2) is 23.6 Å². The first-order valence-corrected chi connectivity index (χ1v) is 6.14. The van der Waals surface area contributed by atoms with E-state index >= 15 is 0 Å². The van der Waals surface area contributed by atoms with Crippen molar-refractivity contribution in [3.8, 4) is 0 Å². The van der Waals surface area contributed by atoms with Crippen LogP contribution in [0.1, 0.15) is 30.5 Å². The second kappa shape index (κ2) is 5.21. The summed E-state index contributed by atoms with van der Waals surface area (Å²) < 4.78 is 39.9. The van der Waals surface area contributed by atoms with Gasteiger partial charge >= 0.3 is 6.18 Å². The van der Waals surface area contributed by atoms with Crippen LogP contribution in [0.15, 0.2) is 24.3 Å². The Hall–Kier alpha value is -1.56. The molecule has 1 atom stereocenters. The first-order valence-electron chi connectivity index (χ1n) is 6.14. The Morgan fingerprint density at radius 3 is 2.58 bits per heavy atom. The molecular weight excluding hydrogens is 257 g/mol. The van der Waals surface area contributed by atoms with Crippen molar-refractivity contribution in [3.05, 3.63) is 35.4 Å². The third kappa shape index (κ3) is 2.89. The molecule has 2 rings (SSSR count). The molecule has 1 aliphatic heterocycles. The average Bonchev–Trinajstić information content (AvgIpc) is 2.74. The summed E-state index contributed by atoms with van der Waals surface area (Å²) in [5, 5.41) is 0.983. The Morgan fingerprint density at radius 1 is 1.37 bits per heavy atom. The summed E-state index contributed by atoms with van der Waals surface area (Å²) in [6.07, 6.45) is -3.81. The minimum Gasteiger partial charge on any atom is -0.288 e. The number of rotatable bonds is 3. The highest BCUT2D eigenvalue weighted by Gasteiger charge is 2.47. The monoisotopic (exact) mass is 272 g/mol. The molecule has 19 heavy (non-hydrogen) atoms. The maximum Gasteiger partial charge on any atom is 0.409 e. The fourth-order valence-electron chi connectivity index (χ4n) is 2.33. The lowest BCUT2D eigenvalue weighted by Crippen LogP contribution is -2.44. The van der Waals surface area contributed by atoms with Crippen LogP contribution in [0.5, 0.6) is 0 Å². The van der Waals surface area contributed by atoms with E-state index < -0.39 is 12.2 Å². The highest BCUT2D eigenvalue weighted by molar-refractivity contribution is 5.77. The number of carbonyl (C=O) groups is 1. The zero-order valence-electron chi connectivity index (χ0n) is 10.5. The van der Waals surface area contributed by atoms with E-state index in [1.54, 1.807) is 18.2 Å². The number of alkyl halides is 3. The quantitative estimate of drug-likeness (QED) is 0.917. The summed E-state index contributed by atoms with van der Waals surface area (Å²) in [4.78, 5) is 11.2. The molecule has 0 aromatic heterocycles. The van der Waals surface area contributed by atoms with Gasteiger partial charge in [-0.25, -0.2) is 5.01 Å². The molecule has 1 aliphatic rings. The highest BCUT2D eigenvalue weighted by atomic mass is 19.4. The summed E-state index contributed by atoms with van der Waals surface area (Å²) in [7, 11) is 0. The van der Waals surface area contributed by atoms with Crippen molar-refractivity contribution in [1.82, 2.24) is 10.4 Å². The van der Waals surface area contributed by atoms with Gasteiger partial charge in [-0.1, -0.05) is 31.2 Å². The molecule has 1 N–H and O–H groups in total. The lowest BCUT2D eigenvalue weighted by atomic mass is 9.98. The third-order valence-electron chi connectivity index (χ3n) is 3.20. The van der Waals surface area contributed by atoms with Crippen LogP contribution in [0.2, 0.25) is 0 Å². The van der Waals surface area contributed by atoms with Crippen molar-refractivity contribution < 1.29 is 18.0 Å². The molecule has 1 saturated heterocycles. The van der Waals surface area contributed by atoms with Crippen molar-refractivity contribution in [1.29, 1.82) is 0 Å².